The van der Waals surface area contributed by atoms with E-state index in [-0.39, 0.29) is 0 Å². The number of aliphatic imine (C=N–C) groups is 1. The molecular weight excluding hydrogens is 442 g/mol. The van der Waals surface area contributed by atoms with Gasteiger partial charge in [0.15, 0.2) is 0 Å². The number of fused-ring (bicyclic) bond motifs is 1. The molecular formula is C27H35N5O3. The predicted molar refractivity (Wildman–Crippen MR) is 139 cm³/mol. The molecule has 0 bridgehead atoms. The van der Waals surface area contributed by atoms with Gasteiger partial charge in [-0.1, -0.05) is 6.07 Å². The summed E-state index contributed by atoms with van der Waals surface area (Å²) < 4.78 is 17.1. The molecule has 186 valence electrons. The Morgan fingerprint density at radius 1 is 1.03 bits per heavy atom. The summed E-state index contributed by atoms with van der Waals surface area (Å²) in [4.78, 5) is 17.6. The van der Waals surface area contributed by atoms with Crippen LogP contribution >= 0.6 is 0 Å². The van der Waals surface area contributed by atoms with Crippen LogP contribution in [0.25, 0.3) is 10.9 Å². The summed E-state index contributed by atoms with van der Waals surface area (Å²) in [5.41, 5.74) is 6.78. The number of pyridine rings is 1. The van der Waals surface area contributed by atoms with Gasteiger partial charge < -0.3 is 24.1 Å². The summed E-state index contributed by atoms with van der Waals surface area (Å²) in [6.45, 7) is 13.0. The molecule has 8 heteroatoms. The molecule has 0 atom stereocenters. The third-order valence-corrected chi connectivity index (χ3v) is 6.81. The SMILES string of the molecule is Cc1[nH]c2ccc(CN=Cc3cc(N4CCOCC4)cc(OCCN4CCOCC4)n3)cc2c1C. The van der Waals surface area contributed by atoms with Crippen molar-refractivity contribution in [3.8, 4) is 5.88 Å². The highest BCUT2D eigenvalue weighted by atomic mass is 16.5. The highest BCUT2D eigenvalue weighted by molar-refractivity contribution is 5.85. The smallest absolute Gasteiger partial charge is 0.215 e. The zero-order valence-corrected chi connectivity index (χ0v) is 20.8. The van der Waals surface area contributed by atoms with E-state index in [4.69, 9.17) is 24.2 Å². The first-order valence-electron chi connectivity index (χ1n) is 12.5. The molecule has 2 fully saturated rings. The van der Waals surface area contributed by atoms with Crippen LogP contribution in [0.2, 0.25) is 0 Å². The fourth-order valence-electron chi connectivity index (χ4n) is 4.61. The molecule has 0 radical (unpaired) electrons. The van der Waals surface area contributed by atoms with Gasteiger partial charge in [-0.2, -0.15) is 0 Å². The number of H-pyrrole nitrogens is 1. The number of nitrogens with zero attached hydrogens (tertiary/aromatic N) is 4. The molecule has 0 aliphatic carbocycles. The molecule has 2 aliphatic rings. The van der Waals surface area contributed by atoms with Crippen LogP contribution in [0.1, 0.15) is 22.5 Å². The number of rotatable bonds is 8. The van der Waals surface area contributed by atoms with Gasteiger partial charge in [0.05, 0.1) is 38.7 Å². The summed E-state index contributed by atoms with van der Waals surface area (Å²) in [7, 11) is 0. The molecule has 5 rings (SSSR count). The molecule has 0 amide bonds. The van der Waals surface area contributed by atoms with Gasteiger partial charge in [-0.05, 0) is 43.2 Å². The second-order valence-corrected chi connectivity index (χ2v) is 9.22. The second kappa shape index (κ2) is 11.2. The maximum Gasteiger partial charge on any atom is 0.215 e. The maximum atomic E-state index is 6.09. The molecule has 8 nitrogen and oxygen atoms in total. The van der Waals surface area contributed by atoms with Crippen LogP contribution in [-0.2, 0) is 16.0 Å². The van der Waals surface area contributed by atoms with Gasteiger partial charge in [-0.3, -0.25) is 9.89 Å². The van der Waals surface area contributed by atoms with Gasteiger partial charge >= 0.3 is 0 Å². The average molecular weight is 478 g/mol. The van der Waals surface area contributed by atoms with Crippen molar-refractivity contribution in [2.75, 3.05) is 70.7 Å². The van der Waals surface area contributed by atoms with E-state index in [1.165, 1.54) is 27.7 Å². The zero-order chi connectivity index (χ0) is 24.0. The lowest BCUT2D eigenvalue weighted by atomic mass is 10.1. The van der Waals surface area contributed by atoms with Gasteiger partial charge in [-0.25, -0.2) is 4.98 Å². The standard InChI is InChI=1S/C27H35N5O3/c1-20-21(2)29-26-4-3-22(15-25(20)26)18-28-19-23-16-24(32-8-12-34-13-9-32)17-27(30-23)35-14-7-31-5-10-33-11-6-31/h3-4,15-17,19,29H,5-14,18H2,1-2H3. The highest BCUT2D eigenvalue weighted by Crippen LogP contribution is 2.24. The van der Waals surface area contributed by atoms with Crippen LogP contribution in [-0.4, -0.2) is 86.8 Å². The molecule has 2 aromatic heterocycles. The predicted octanol–water partition coefficient (Wildman–Crippen LogP) is 3.35. The quantitative estimate of drug-likeness (QED) is 0.502. The minimum atomic E-state index is 0.603. The Labute approximate surface area is 206 Å². The Hall–Kier alpha value is -2.94. The molecule has 0 saturated carbocycles. The van der Waals surface area contributed by atoms with Crippen molar-refractivity contribution < 1.29 is 14.2 Å². The second-order valence-electron chi connectivity index (χ2n) is 9.22. The maximum absolute atomic E-state index is 6.09. The van der Waals surface area contributed by atoms with E-state index in [2.05, 4.69) is 52.9 Å². The van der Waals surface area contributed by atoms with Crippen LogP contribution in [0.15, 0.2) is 35.3 Å². The number of benzene rings is 1. The minimum Gasteiger partial charge on any atom is -0.476 e. The van der Waals surface area contributed by atoms with Crippen molar-refractivity contribution >= 4 is 22.8 Å². The number of aryl methyl sites for hydroxylation is 2. The number of aromatic nitrogens is 2. The van der Waals surface area contributed by atoms with Crippen molar-refractivity contribution in [3.05, 3.63) is 52.8 Å². The first-order chi connectivity index (χ1) is 17.2. The van der Waals surface area contributed by atoms with Crippen LogP contribution in [0, 0.1) is 13.8 Å². The van der Waals surface area contributed by atoms with Gasteiger partial charge in [-0.15, -0.1) is 0 Å². The van der Waals surface area contributed by atoms with E-state index in [0.29, 0.717) is 19.0 Å². The Balaban J connectivity index is 1.29. The molecule has 3 aromatic rings. The number of hydrogen-bond donors (Lipinski definition) is 1. The number of anilines is 1. The lowest BCUT2D eigenvalue weighted by Gasteiger charge is -2.29. The fraction of sp³-hybridized carbons (Fsp3) is 0.481. The number of ether oxygens (including phenoxy) is 3. The zero-order valence-electron chi connectivity index (χ0n) is 20.8. The van der Waals surface area contributed by atoms with Gasteiger partial charge in [0.2, 0.25) is 5.88 Å². The molecule has 0 unspecified atom stereocenters. The number of morpholine rings is 2. The summed E-state index contributed by atoms with van der Waals surface area (Å²) >= 11 is 0. The lowest BCUT2D eigenvalue weighted by molar-refractivity contribution is 0.0320. The topological polar surface area (TPSA) is 75.2 Å². The number of nitrogens with one attached hydrogen (secondary N) is 1. The van der Waals surface area contributed by atoms with E-state index < -0.39 is 0 Å². The first-order valence-corrected chi connectivity index (χ1v) is 12.5. The molecule has 35 heavy (non-hydrogen) atoms. The van der Waals surface area contributed by atoms with E-state index in [1.807, 2.05) is 12.3 Å². The Bertz CT molecular complexity index is 1160. The molecule has 2 saturated heterocycles. The molecule has 0 spiro atoms. The highest BCUT2D eigenvalue weighted by Gasteiger charge is 2.15. The normalized spacial score (nSPS) is 17.5. The third kappa shape index (κ3) is 6.01. The van der Waals surface area contributed by atoms with Crippen molar-refractivity contribution in [2.45, 2.75) is 20.4 Å². The van der Waals surface area contributed by atoms with Crippen LogP contribution in [0.3, 0.4) is 0 Å². The summed E-state index contributed by atoms with van der Waals surface area (Å²) in [5.74, 6) is 0.642. The van der Waals surface area contributed by atoms with E-state index in [0.717, 1.165) is 70.5 Å². The van der Waals surface area contributed by atoms with E-state index in [9.17, 15) is 0 Å². The van der Waals surface area contributed by atoms with E-state index >= 15 is 0 Å². The lowest BCUT2D eigenvalue weighted by Crippen LogP contribution is -2.38. The number of hydrogen-bond acceptors (Lipinski definition) is 7. The molecule has 2 aliphatic heterocycles. The van der Waals surface area contributed by atoms with Crippen LogP contribution in [0.4, 0.5) is 5.69 Å². The Morgan fingerprint density at radius 2 is 1.80 bits per heavy atom. The Morgan fingerprint density at radius 3 is 2.60 bits per heavy atom. The summed E-state index contributed by atoms with van der Waals surface area (Å²) in [6.07, 6.45) is 1.86. The monoisotopic (exact) mass is 477 g/mol. The Kier molecular flexibility index (Phi) is 7.61. The first kappa shape index (κ1) is 23.8. The number of aromatic amines is 1. The van der Waals surface area contributed by atoms with Gasteiger partial charge in [0.25, 0.3) is 0 Å². The minimum absolute atomic E-state index is 0.603. The molecule has 1 aromatic carbocycles. The fourth-order valence-corrected chi connectivity index (χ4v) is 4.61. The summed E-state index contributed by atoms with van der Waals surface area (Å²) in [5, 5.41) is 1.26. The largest absolute Gasteiger partial charge is 0.476 e. The van der Waals surface area contributed by atoms with Crippen LogP contribution < -0.4 is 9.64 Å². The molecule has 1 N–H and O–H groups in total. The van der Waals surface area contributed by atoms with Crippen molar-refractivity contribution in [1.82, 2.24) is 14.9 Å². The third-order valence-electron chi connectivity index (χ3n) is 6.81. The van der Waals surface area contributed by atoms with Gasteiger partial charge in [0, 0.05) is 67.3 Å². The van der Waals surface area contributed by atoms with Crippen LogP contribution in [0.5, 0.6) is 5.88 Å². The summed E-state index contributed by atoms with van der Waals surface area (Å²) in [6, 6.07) is 10.6. The molecule has 4 heterocycles. The van der Waals surface area contributed by atoms with E-state index in [1.54, 1.807) is 0 Å². The van der Waals surface area contributed by atoms with Gasteiger partial charge in [0.1, 0.15) is 6.61 Å². The average Bonchev–Trinajstić information content (AvgIpc) is 3.18. The van der Waals surface area contributed by atoms with Crippen molar-refractivity contribution in [2.24, 2.45) is 4.99 Å². The van der Waals surface area contributed by atoms with Crippen molar-refractivity contribution in [3.63, 3.8) is 0 Å². The van der Waals surface area contributed by atoms with Crippen molar-refractivity contribution in [1.29, 1.82) is 0 Å².